The minimum Gasteiger partial charge on any atom is -0.272 e. The van der Waals surface area contributed by atoms with Gasteiger partial charge in [0.15, 0.2) is 0 Å². The van der Waals surface area contributed by atoms with Crippen molar-refractivity contribution in [2.45, 2.75) is 6.92 Å². The molecule has 1 aromatic carbocycles. The minimum absolute atomic E-state index is 0.110. The molecule has 0 heterocycles. The van der Waals surface area contributed by atoms with Gasteiger partial charge < -0.3 is 0 Å². The van der Waals surface area contributed by atoms with Crippen LogP contribution in [0.1, 0.15) is 6.92 Å². The van der Waals surface area contributed by atoms with Gasteiger partial charge in [0, 0.05) is 6.92 Å². The summed E-state index contributed by atoms with van der Waals surface area (Å²) in [5, 5.41) is 0. The van der Waals surface area contributed by atoms with Gasteiger partial charge in [-0.15, -0.1) is 0 Å². The molecule has 3 nitrogen and oxygen atoms in total. The fourth-order valence-electron chi connectivity index (χ4n) is 0.776. The number of halogens is 2. The second-order valence-electron chi connectivity index (χ2n) is 2.37. The summed E-state index contributed by atoms with van der Waals surface area (Å²) < 4.78 is 2.83. The molecule has 13 heavy (non-hydrogen) atoms. The van der Waals surface area contributed by atoms with Crippen molar-refractivity contribution >= 4 is 43.9 Å². The number of nitrogens with zero attached hydrogens (tertiary/aromatic N) is 2. The lowest BCUT2D eigenvalue weighted by atomic mass is 10.3. The van der Waals surface area contributed by atoms with Crippen LogP contribution < -0.4 is 4.03 Å². The summed E-state index contributed by atoms with van der Waals surface area (Å²) in [7, 11) is 0. The zero-order chi connectivity index (χ0) is 9.84. The Morgan fingerprint density at radius 2 is 1.77 bits per heavy atom. The first kappa shape index (κ1) is 10.5. The number of amides is 1. The second kappa shape index (κ2) is 4.62. The molecule has 1 amide bonds. The number of hydrogen-bond donors (Lipinski definition) is 0. The number of benzene rings is 1. The molecule has 70 valence electrons. The van der Waals surface area contributed by atoms with Gasteiger partial charge >= 0.3 is 0 Å². The number of rotatable bonds is 2. The third-order valence-electron chi connectivity index (χ3n) is 1.38. The van der Waals surface area contributed by atoms with Crippen LogP contribution >= 0.6 is 32.3 Å². The molecule has 0 saturated heterocycles. The van der Waals surface area contributed by atoms with E-state index in [0.29, 0.717) is 0 Å². The van der Waals surface area contributed by atoms with Crippen molar-refractivity contribution in [1.82, 2.24) is 4.03 Å². The maximum absolute atomic E-state index is 11.0. The Hall–Kier alpha value is -0.550. The van der Waals surface area contributed by atoms with Gasteiger partial charge in [-0.3, -0.25) is 4.79 Å². The molecule has 1 aromatic rings. The predicted molar refractivity (Wildman–Crippen MR) is 59.3 cm³/mol. The summed E-state index contributed by atoms with van der Waals surface area (Å²) in [4.78, 5) is 11.0. The van der Waals surface area contributed by atoms with Crippen molar-refractivity contribution in [1.29, 1.82) is 0 Å². The van der Waals surface area contributed by atoms with Gasteiger partial charge in [0.05, 0.1) is 38.0 Å². The first-order chi connectivity index (χ1) is 6.13. The van der Waals surface area contributed by atoms with Crippen LogP contribution in [0.15, 0.2) is 30.3 Å². The van der Waals surface area contributed by atoms with E-state index < -0.39 is 0 Å². The first-order valence-corrected chi connectivity index (χ1v) is 5.02. The van der Waals surface area contributed by atoms with Gasteiger partial charge in [-0.05, 0) is 12.1 Å². The maximum atomic E-state index is 11.0. The summed E-state index contributed by atoms with van der Waals surface area (Å²) in [5.41, 5.74) is 0.870. The van der Waals surface area contributed by atoms with Crippen molar-refractivity contribution in [2.75, 3.05) is 4.03 Å². The molecule has 0 aliphatic heterocycles. The Labute approximate surface area is 94.0 Å². The molecule has 0 saturated carbocycles. The van der Waals surface area contributed by atoms with Crippen LogP contribution in [0.3, 0.4) is 0 Å². The normalized spacial score (nSPS) is 9.46. The summed E-state index contributed by atoms with van der Waals surface area (Å²) in [5.74, 6) is -0.110. The molecular formula is C8H8Br2N2O. The minimum atomic E-state index is -0.110. The molecule has 1 rings (SSSR count). The lowest BCUT2D eigenvalue weighted by Gasteiger charge is -2.23. The fraction of sp³-hybridized carbons (Fsp3) is 0.125. The van der Waals surface area contributed by atoms with Crippen molar-refractivity contribution in [3.63, 3.8) is 0 Å². The van der Waals surface area contributed by atoms with Gasteiger partial charge in [-0.1, -0.05) is 18.2 Å². The number of hydrazine groups is 1. The first-order valence-electron chi connectivity index (χ1n) is 3.60. The van der Waals surface area contributed by atoms with E-state index in [1.165, 1.54) is 15.0 Å². The second-order valence-corrected chi connectivity index (χ2v) is 3.72. The van der Waals surface area contributed by atoms with E-state index in [1.807, 2.05) is 30.3 Å². The Morgan fingerprint density at radius 1 is 1.23 bits per heavy atom. The van der Waals surface area contributed by atoms with Crippen molar-refractivity contribution in [2.24, 2.45) is 0 Å². The van der Waals surface area contributed by atoms with E-state index >= 15 is 0 Å². The highest BCUT2D eigenvalue weighted by Gasteiger charge is 2.12. The van der Waals surface area contributed by atoms with Gasteiger partial charge in [-0.25, -0.2) is 4.03 Å². The molecule has 5 heteroatoms. The average Bonchev–Trinajstić information content (AvgIpc) is 2.17. The lowest BCUT2D eigenvalue weighted by Crippen LogP contribution is -2.30. The van der Waals surface area contributed by atoms with Crippen molar-refractivity contribution in [3.8, 4) is 0 Å². The molecule has 0 radical (unpaired) electrons. The smallest absolute Gasteiger partial charge is 0.249 e. The predicted octanol–water partition coefficient (Wildman–Crippen LogP) is 2.88. The molecule has 0 spiro atoms. The highest BCUT2D eigenvalue weighted by molar-refractivity contribution is 9.11. The quantitative estimate of drug-likeness (QED) is 0.619. The van der Waals surface area contributed by atoms with E-state index in [4.69, 9.17) is 0 Å². The van der Waals surface area contributed by atoms with Gasteiger partial charge in [-0.2, -0.15) is 4.03 Å². The molecule has 0 aliphatic carbocycles. The zero-order valence-corrected chi connectivity index (χ0v) is 10.1. The molecule has 0 unspecified atom stereocenters. The summed E-state index contributed by atoms with van der Waals surface area (Å²) in [6, 6.07) is 9.46. The highest BCUT2D eigenvalue weighted by atomic mass is 79.9. The number of carbonyl (C=O) groups is 1. The van der Waals surface area contributed by atoms with E-state index in [2.05, 4.69) is 32.3 Å². The van der Waals surface area contributed by atoms with Crippen LogP contribution in [0.4, 0.5) is 5.69 Å². The van der Waals surface area contributed by atoms with Gasteiger partial charge in [0.25, 0.3) is 0 Å². The fourth-order valence-corrected chi connectivity index (χ4v) is 1.42. The van der Waals surface area contributed by atoms with Crippen LogP contribution in [-0.2, 0) is 4.79 Å². The topological polar surface area (TPSA) is 23.6 Å². The Bertz CT molecular complexity index is 291. The van der Waals surface area contributed by atoms with Crippen LogP contribution in [0, 0.1) is 0 Å². The molecular weight excluding hydrogens is 300 g/mol. The van der Waals surface area contributed by atoms with E-state index in [1.54, 1.807) is 0 Å². The lowest BCUT2D eigenvalue weighted by molar-refractivity contribution is -0.123. The molecule has 0 bridgehead atoms. The maximum Gasteiger partial charge on any atom is 0.249 e. The Kier molecular flexibility index (Phi) is 3.74. The zero-order valence-electron chi connectivity index (χ0n) is 6.95. The number of para-hydroxylation sites is 1. The van der Waals surface area contributed by atoms with Crippen LogP contribution in [-0.4, -0.2) is 9.94 Å². The molecule has 0 aliphatic rings. The van der Waals surface area contributed by atoms with E-state index in [-0.39, 0.29) is 5.91 Å². The van der Waals surface area contributed by atoms with Crippen molar-refractivity contribution in [3.05, 3.63) is 30.3 Å². The summed E-state index contributed by atoms with van der Waals surface area (Å²) in [6.45, 7) is 1.46. The number of hydrogen-bond acceptors (Lipinski definition) is 2. The van der Waals surface area contributed by atoms with Gasteiger partial charge in [0.2, 0.25) is 5.91 Å². The van der Waals surface area contributed by atoms with Crippen LogP contribution in [0.25, 0.3) is 0 Å². The number of carbonyl (C=O) groups excluding carboxylic acids is 1. The largest absolute Gasteiger partial charge is 0.272 e. The molecule has 0 N–H and O–H groups in total. The Balaban J connectivity index is 2.79. The van der Waals surface area contributed by atoms with E-state index in [9.17, 15) is 4.79 Å². The summed E-state index contributed by atoms with van der Waals surface area (Å²) in [6.07, 6.45) is 0. The van der Waals surface area contributed by atoms with Gasteiger partial charge in [0.1, 0.15) is 0 Å². The monoisotopic (exact) mass is 306 g/mol. The highest BCUT2D eigenvalue weighted by Crippen LogP contribution is 2.22. The van der Waals surface area contributed by atoms with E-state index in [0.717, 1.165) is 5.69 Å². The van der Waals surface area contributed by atoms with Crippen LogP contribution in [0.2, 0.25) is 0 Å². The molecule has 0 fully saturated rings. The third-order valence-corrected chi connectivity index (χ3v) is 3.35. The Morgan fingerprint density at radius 3 is 2.23 bits per heavy atom. The van der Waals surface area contributed by atoms with Crippen molar-refractivity contribution < 1.29 is 4.79 Å². The average molecular weight is 308 g/mol. The third kappa shape index (κ3) is 2.70. The summed E-state index contributed by atoms with van der Waals surface area (Å²) >= 11 is 6.35. The van der Waals surface area contributed by atoms with Crippen LogP contribution in [0.5, 0.6) is 0 Å². The number of anilines is 1. The molecule has 0 atom stereocenters. The standard InChI is InChI=1S/C8H8Br2N2O/c1-7(13)11(9)12(10)8-5-3-2-4-6-8/h2-6H,1H3. The molecule has 0 aromatic heterocycles. The SMILES string of the molecule is CC(=O)N(Br)N(Br)c1ccccc1.